The van der Waals surface area contributed by atoms with Gasteiger partial charge in [0, 0.05) is 19.8 Å². The van der Waals surface area contributed by atoms with Gasteiger partial charge in [-0.05, 0) is 23.3 Å². The smallest absolute Gasteiger partial charge is 0.416 e. The molecule has 32 heavy (non-hydrogen) atoms. The third-order valence-electron chi connectivity index (χ3n) is 4.57. The molecule has 0 aliphatic heterocycles. The van der Waals surface area contributed by atoms with Crippen LogP contribution in [0, 0.1) is 5.82 Å². The van der Waals surface area contributed by atoms with Crippen molar-refractivity contribution in [1.29, 1.82) is 0 Å². The van der Waals surface area contributed by atoms with E-state index in [0.717, 1.165) is 19.2 Å². The number of methoxy groups -OCH3 is 1. The summed E-state index contributed by atoms with van der Waals surface area (Å²) in [5, 5.41) is 4.78. The van der Waals surface area contributed by atoms with E-state index in [9.17, 15) is 31.9 Å². The highest BCUT2D eigenvalue weighted by molar-refractivity contribution is 5.90. The maximum absolute atomic E-state index is 14.0. The molecule has 2 rings (SSSR count). The van der Waals surface area contributed by atoms with Crippen LogP contribution in [0.2, 0.25) is 0 Å². The summed E-state index contributed by atoms with van der Waals surface area (Å²) in [4.78, 5) is 36.5. The Morgan fingerprint density at radius 1 is 0.969 bits per heavy atom. The first kappa shape index (κ1) is 24.8. The van der Waals surface area contributed by atoms with Gasteiger partial charge in [-0.1, -0.05) is 36.4 Å². The summed E-state index contributed by atoms with van der Waals surface area (Å²) in [6, 6.07) is 7.44. The Morgan fingerprint density at radius 3 is 2.25 bits per heavy atom. The fraction of sp³-hybridized carbons (Fsp3) is 0.318. The molecule has 2 atom stereocenters. The predicted octanol–water partition coefficient (Wildman–Crippen LogP) is 2.79. The number of esters is 1. The Hall–Kier alpha value is -3.43. The van der Waals surface area contributed by atoms with Gasteiger partial charge in [-0.25, -0.2) is 9.18 Å². The van der Waals surface area contributed by atoms with Crippen LogP contribution in [0.1, 0.15) is 23.6 Å². The molecule has 2 N–H and O–H groups in total. The molecule has 0 saturated heterocycles. The Morgan fingerprint density at radius 2 is 1.66 bits per heavy atom. The van der Waals surface area contributed by atoms with Gasteiger partial charge >= 0.3 is 12.1 Å². The monoisotopic (exact) mass is 454 g/mol. The molecule has 2 aromatic rings. The highest BCUT2D eigenvalue weighted by atomic mass is 19.4. The molecule has 0 fully saturated rings. The van der Waals surface area contributed by atoms with Crippen LogP contribution in [-0.4, -0.2) is 37.0 Å². The van der Waals surface area contributed by atoms with Crippen LogP contribution in [0.5, 0.6) is 0 Å². The fourth-order valence-corrected chi connectivity index (χ4v) is 3.06. The van der Waals surface area contributed by atoms with E-state index in [0.29, 0.717) is 0 Å². The highest BCUT2D eigenvalue weighted by Crippen LogP contribution is 2.29. The number of alkyl halides is 3. The number of carbonyl (C=O) groups is 3. The van der Waals surface area contributed by atoms with Crippen molar-refractivity contribution in [3.05, 3.63) is 71.0 Å². The van der Waals surface area contributed by atoms with Gasteiger partial charge in [0.2, 0.25) is 11.8 Å². The molecule has 0 spiro atoms. The van der Waals surface area contributed by atoms with Crippen molar-refractivity contribution >= 4 is 17.8 Å². The summed E-state index contributed by atoms with van der Waals surface area (Å²) in [5.74, 6) is -2.84. The number of nitrogens with one attached hydrogen (secondary N) is 2. The van der Waals surface area contributed by atoms with E-state index in [1.54, 1.807) is 6.07 Å². The summed E-state index contributed by atoms with van der Waals surface area (Å²) in [6.45, 7) is 1.17. The molecule has 2 amide bonds. The molecule has 0 bridgehead atoms. The summed E-state index contributed by atoms with van der Waals surface area (Å²) >= 11 is 0. The summed E-state index contributed by atoms with van der Waals surface area (Å²) in [7, 11) is 1.07. The van der Waals surface area contributed by atoms with Gasteiger partial charge in [0.15, 0.2) is 0 Å². The molecule has 6 nitrogen and oxygen atoms in total. The third-order valence-corrected chi connectivity index (χ3v) is 4.57. The van der Waals surface area contributed by atoms with Crippen LogP contribution in [0.4, 0.5) is 17.6 Å². The van der Waals surface area contributed by atoms with E-state index < -0.39 is 47.4 Å². The largest absolute Gasteiger partial charge is 0.467 e. The van der Waals surface area contributed by atoms with E-state index in [-0.39, 0.29) is 24.0 Å². The van der Waals surface area contributed by atoms with E-state index >= 15 is 0 Å². The lowest BCUT2D eigenvalue weighted by atomic mass is 10.0. The lowest BCUT2D eigenvalue weighted by Gasteiger charge is -2.22. The standard InChI is InChI=1S/C22H22F4N2O4/c1-13(29)27-18(12-15-7-3-4-9-17(15)23)20(30)28-19(21(31)32-2)11-14-6-5-8-16(10-14)22(24,25)26/h3-10,18-19H,11-12H2,1-2H3,(H,27,29)(H,28,30)/t18-,19+/m1/s1. The third kappa shape index (κ3) is 7.07. The van der Waals surface area contributed by atoms with Crippen LogP contribution in [0.3, 0.4) is 0 Å². The molecular weight excluding hydrogens is 432 g/mol. The van der Waals surface area contributed by atoms with Crippen molar-refractivity contribution in [2.24, 2.45) is 0 Å². The highest BCUT2D eigenvalue weighted by Gasteiger charge is 2.32. The summed E-state index contributed by atoms with van der Waals surface area (Å²) < 4.78 is 57.6. The lowest BCUT2D eigenvalue weighted by Crippen LogP contribution is -2.53. The molecule has 0 aromatic heterocycles. The second kappa shape index (κ2) is 10.7. The van der Waals surface area contributed by atoms with Gasteiger partial charge in [0.25, 0.3) is 0 Å². The van der Waals surface area contributed by atoms with E-state index in [4.69, 9.17) is 0 Å². The quantitative estimate of drug-likeness (QED) is 0.475. The van der Waals surface area contributed by atoms with Gasteiger partial charge in [-0.3, -0.25) is 9.59 Å². The molecule has 172 valence electrons. The second-order valence-corrected chi connectivity index (χ2v) is 7.04. The van der Waals surface area contributed by atoms with Crippen molar-refractivity contribution in [2.45, 2.75) is 38.0 Å². The molecule has 10 heteroatoms. The maximum Gasteiger partial charge on any atom is 0.416 e. The molecule has 0 radical (unpaired) electrons. The molecule has 0 unspecified atom stereocenters. The average Bonchev–Trinajstić information content (AvgIpc) is 2.73. The van der Waals surface area contributed by atoms with Gasteiger partial charge in [0.1, 0.15) is 17.9 Å². The molecule has 0 saturated carbocycles. The van der Waals surface area contributed by atoms with Crippen molar-refractivity contribution < 1.29 is 36.7 Å². The molecule has 2 aromatic carbocycles. The van der Waals surface area contributed by atoms with E-state index in [1.807, 2.05) is 0 Å². The number of hydrogen-bond acceptors (Lipinski definition) is 4. The zero-order chi connectivity index (χ0) is 23.9. The SMILES string of the molecule is COC(=O)[C@H](Cc1cccc(C(F)(F)F)c1)NC(=O)[C@@H](Cc1ccccc1F)NC(C)=O. The van der Waals surface area contributed by atoms with Gasteiger partial charge in [-0.2, -0.15) is 13.2 Å². The van der Waals surface area contributed by atoms with Gasteiger partial charge in [0.05, 0.1) is 12.7 Å². The number of benzene rings is 2. The van der Waals surface area contributed by atoms with Gasteiger partial charge < -0.3 is 15.4 Å². The summed E-state index contributed by atoms with van der Waals surface area (Å²) in [5.41, 5.74) is -0.602. The number of carbonyl (C=O) groups excluding carboxylic acids is 3. The predicted molar refractivity (Wildman–Crippen MR) is 107 cm³/mol. The summed E-state index contributed by atoms with van der Waals surface area (Å²) in [6.07, 6.45) is -5.05. The molecule has 0 aliphatic carbocycles. The zero-order valence-electron chi connectivity index (χ0n) is 17.3. The first-order valence-corrected chi connectivity index (χ1v) is 9.56. The van der Waals surface area contributed by atoms with Crippen LogP contribution in [-0.2, 0) is 38.1 Å². The topological polar surface area (TPSA) is 84.5 Å². The van der Waals surface area contributed by atoms with Crippen molar-refractivity contribution in [2.75, 3.05) is 7.11 Å². The fourth-order valence-electron chi connectivity index (χ4n) is 3.06. The second-order valence-electron chi connectivity index (χ2n) is 7.04. The minimum atomic E-state index is -4.57. The Kier molecular flexibility index (Phi) is 8.34. The number of halogens is 4. The lowest BCUT2D eigenvalue weighted by molar-refractivity contribution is -0.145. The number of hydrogen-bond donors (Lipinski definition) is 2. The van der Waals surface area contributed by atoms with Crippen molar-refractivity contribution in [1.82, 2.24) is 10.6 Å². The number of rotatable bonds is 8. The maximum atomic E-state index is 14.0. The van der Waals surface area contributed by atoms with Crippen LogP contribution in [0.25, 0.3) is 0 Å². The molecule has 0 heterocycles. The van der Waals surface area contributed by atoms with E-state index in [1.165, 1.54) is 37.3 Å². The zero-order valence-corrected chi connectivity index (χ0v) is 17.3. The average molecular weight is 454 g/mol. The van der Waals surface area contributed by atoms with Crippen molar-refractivity contribution in [3.8, 4) is 0 Å². The Labute approximate surface area is 181 Å². The normalized spacial score (nSPS) is 13.1. The molecule has 0 aliphatic rings. The minimum absolute atomic E-state index is 0.140. The van der Waals surface area contributed by atoms with Crippen LogP contribution in [0.15, 0.2) is 48.5 Å². The Bertz CT molecular complexity index is 978. The van der Waals surface area contributed by atoms with Crippen molar-refractivity contribution in [3.63, 3.8) is 0 Å². The van der Waals surface area contributed by atoms with Crippen LogP contribution < -0.4 is 10.6 Å². The van der Waals surface area contributed by atoms with Gasteiger partial charge in [-0.15, -0.1) is 0 Å². The first-order valence-electron chi connectivity index (χ1n) is 9.56. The number of amides is 2. The minimum Gasteiger partial charge on any atom is -0.467 e. The molecular formula is C22H22F4N2O4. The number of ether oxygens (including phenoxy) is 1. The van der Waals surface area contributed by atoms with E-state index in [2.05, 4.69) is 15.4 Å². The first-order chi connectivity index (χ1) is 15.0. The van der Waals surface area contributed by atoms with Crippen LogP contribution >= 0.6 is 0 Å². The Balaban J connectivity index is 2.23.